The largest absolute Gasteiger partial charge is 0.493 e. The maximum absolute atomic E-state index is 13.7. The number of nitrogens with one attached hydrogen (secondary N) is 2. The van der Waals surface area contributed by atoms with Gasteiger partial charge in [-0.1, -0.05) is 39.2 Å². The topological polar surface area (TPSA) is 109 Å². The smallest absolute Gasteiger partial charge is 0.408 e. The molecule has 240 valence electrons. The third-order valence-corrected chi connectivity index (χ3v) is 9.23. The summed E-state index contributed by atoms with van der Waals surface area (Å²) in [6.07, 6.45) is 8.07. The highest BCUT2D eigenvalue weighted by Crippen LogP contribution is 2.40. The molecule has 0 aromatic heterocycles. The summed E-state index contributed by atoms with van der Waals surface area (Å²) < 4.78 is 16.5. The summed E-state index contributed by atoms with van der Waals surface area (Å²) in [5, 5.41) is 4.75. The molecule has 0 bridgehead atoms. The molecular formula is C33H52N4O6. The van der Waals surface area contributed by atoms with E-state index in [2.05, 4.69) is 15.6 Å². The minimum absolute atomic E-state index is 0.0199. The number of carbonyl (C=O) groups is 3. The molecule has 2 saturated heterocycles. The Morgan fingerprint density at radius 2 is 1.70 bits per heavy atom. The molecule has 1 saturated carbocycles. The lowest BCUT2D eigenvalue weighted by Crippen LogP contribution is -2.63. The Hall–Kier alpha value is -2.85. The molecule has 10 nitrogen and oxygen atoms in total. The molecule has 3 fully saturated rings. The molecule has 2 aliphatic heterocycles. The minimum atomic E-state index is -0.655. The number of rotatable bonds is 9. The first-order valence-electron chi connectivity index (χ1n) is 15.9. The van der Waals surface area contributed by atoms with E-state index in [0.29, 0.717) is 23.8 Å². The number of ether oxygens (including phenoxy) is 3. The molecule has 3 aliphatic rings. The fourth-order valence-corrected chi connectivity index (χ4v) is 7.11. The van der Waals surface area contributed by atoms with Crippen LogP contribution in [0.2, 0.25) is 0 Å². The lowest BCUT2D eigenvalue weighted by atomic mass is 9.79. The highest BCUT2D eigenvalue weighted by atomic mass is 16.6. The van der Waals surface area contributed by atoms with E-state index in [-0.39, 0.29) is 24.0 Å². The van der Waals surface area contributed by atoms with Gasteiger partial charge in [0.15, 0.2) is 11.5 Å². The maximum Gasteiger partial charge on any atom is 0.408 e. The van der Waals surface area contributed by atoms with E-state index >= 15 is 0 Å². The van der Waals surface area contributed by atoms with Gasteiger partial charge in [0.05, 0.1) is 26.3 Å². The maximum atomic E-state index is 13.7. The number of likely N-dealkylation sites (tertiary alicyclic amines) is 1. The number of nitrogens with zero attached hydrogens (tertiary/aromatic N) is 2. The Morgan fingerprint density at radius 1 is 1.05 bits per heavy atom. The van der Waals surface area contributed by atoms with Crippen LogP contribution >= 0.6 is 0 Å². The number of benzene rings is 1. The van der Waals surface area contributed by atoms with Crippen LogP contribution in [0.25, 0.3) is 0 Å². The van der Waals surface area contributed by atoms with Crippen LogP contribution in [-0.2, 0) is 14.3 Å². The van der Waals surface area contributed by atoms with Crippen molar-refractivity contribution in [2.75, 3.05) is 27.3 Å². The molecule has 3 atom stereocenters. The van der Waals surface area contributed by atoms with Gasteiger partial charge in [0.25, 0.3) is 0 Å². The van der Waals surface area contributed by atoms with Gasteiger partial charge in [0, 0.05) is 24.5 Å². The van der Waals surface area contributed by atoms with Gasteiger partial charge in [0.1, 0.15) is 17.9 Å². The van der Waals surface area contributed by atoms with E-state index in [4.69, 9.17) is 14.2 Å². The number of hydrazine groups is 1. The zero-order chi connectivity index (χ0) is 31.4. The summed E-state index contributed by atoms with van der Waals surface area (Å²) in [5.41, 5.74) is 3.42. The van der Waals surface area contributed by atoms with Crippen LogP contribution in [0.4, 0.5) is 4.79 Å². The fourth-order valence-electron chi connectivity index (χ4n) is 7.11. The van der Waals surface area contributed by atoms with Crippen LogP contribution in [0.3, 0.4) is 0 Å². The summed E-state index contributed by atoms with van der Waals surface area (Å²) in [4.78, 5) is 41.2. The molecule has 0 radical (unpaired) electrons. The normalized spacial score (nSPS) is 23.7. The van der Waals surface area contributed by atoms with Crippen molar-refractivity contribution < 1.29 is 28.6 Å². The van der Waals surface area contributed by atoms with Crippen LogP contribution in [0.1, 0.15) is 97.6 Å². The quantitative estimate of drug-likeness (QED) is 0.381. The predicted octanol–water partition coefficient (Wildman–Crippen LogP) is 5.01. The van der Waals surface area contributed by atoms with Gasteiger partial charge < -0.3 is 24.3 Å². The Morgan fingerprint density at radius 3 is 2.28 bits per heavy atom. The van der Waals surface area contributed by atoms with E-state index in [0.717, 1.165) is 63.5 Å². The molecular weight excluding hydrogens is 548 g/mol. The molecule has 2 unspecified atom stereocenters. The van der Waals surface area contributed by atoms with Gasteiger partial charge in [-0.15, -0.1) is 0 Å². The highest BCUT2D eigenvalue weighted by Gasteiger charge is 2.45. The van der Waals surface area contributed by atoms with E-state index in [1.165, 1.54) is 6.42 Å². The van der Waals surface area contributed by atoms with Crippen LogP contribution in [0, 0.1) is 11.3 Å². The number of piperidine rings is 1. The van der Waals surface area contributed by atoms with Crippen molar-refractivity contribution in [1.29, 1.82) is 0 Å². The van der Waals surface area contributed by atoms with Crippen molar-refractivity contribution in [3.8, 4) is 11.5 Å². The molecule has 0 spiro atoms. The third-order valence-electron chi connectivity index (χ3n) is 9.23. The summed E-state index contributed by atoms with van der Waals surface area (Å²) >= 11 is 0. The summed E-state index contributed by atoms with van der Waals surface area (Å²) in [6.45, 7) is 11.0. The fraction of sp³-hybridized carbons (Fsp3) is 0.727. The van der Waals surface area contributed by atoms with E-state index in [1.807, 2.05) is 57.8 Å². The standard InChI is InChI=1S/C33H52N4O6/c1-32(2,3)43-31(40)34-26(21-38)29(22-11-9-8-10-12-22)36-17-15-24(16-18-36)37-30(39)33(4,5)20-25(35-37)23-13-14-27(41-6)28(19-23)42-7/h13-14,19,21-22,24-26,29,35H,8-12,15-18,20H2,1-7H3,(H,34,40)/t25?,26-,29?/m1/s1. The molecule has 1 aromatic rings. The van der Waals surface area contributed by atoms with Crippen LogP contribution in [-0.4, -0.2) is 79.2 Å². The molecule has 2 N–H and O–H groups in total. The predicted molar refractivity (Wildman–Crippen MR) is 165 cm³/mol. The Bertz CT molecular complexity index is 1120. The van der Waals surface area contributed by atoms with Crippen LogP contribution in [0.15, 0.2) is 18.2 Å². The van der Waals surface area contributed by atoms with Gasteiger partial charge >= 0.3 is 6.09 Å². The second-order valence-corrected chi connectivity index (χ2v) is 14.0. The Balaban J connectivity index is 1.49. The zero-order valence-electron chi connectivity index (χ0n) is 27.1. The SMILES string of the molecule is COc1ccc(C2CC(C)(C)C(=O)N(C3CCN(C(C4CCCCC4)[C@@H](C=O)NC(=O)OC(C)(C)C)CC3)N2)cc1OC. The number of carbonyl (C=O) groups excluding carboxylic acids is 3. The number of hydrogen-bond donors (Lipinski definition) is 2. The number of methoxy groups -OCH3 is 2. The van der Waals surface area contributed by atoms with Crippen molar-refractivity contribution in [2.45, 2.75) is 116 Å². The lowest BCUT2D eigenvalue weighted by Gasteiger charge is -2.49. The third kappa shape index (κ3) is 8.01. The lowest BCUT2D eigenvalue weighted by molar-refractivity contribution is -0.157. The molecule has 43 heavy (non-hydrogen) atoms. The highest BCUT2D eigenvalue weighted by molar-refractivity contribution is 5.82. The van der Waals surface area contributed by atoms with Gasteiger partial charge in [-0.25, -0.2) is 10.2 Å². The summed E-state index contributed by atoms with van der Waals surface area (Å²) in [5.74, 6) is 1.75. The van der Waals surface area contributed by atoms with Crippen molar-refractivity contribution in [2.24, 2.45) is 11.3 Å². The molecule has 1 aliphatic carbocycles. The number of aldehydes is 1. The van der Waals surface area contributed by atoms with E-state index in [9.17, 15) is 14.4 Å². The monoisotopic (exact) mass is 600 g/mol. The van der Waals surface area contributed by atoms with Crippen molar-refractivity contribution in [1.82, 2.24) is 20.7 Å². The second kappa shape index (κ2) is 13.8. The first kappa shape index (κ1) is 33.1. The first-order valence-corrected chi connectivity index (χ1v) is 15.9. The average Bonchev–Trinajstić information content (AvgIpc) is 2.97. The Labute approximate surface area is 257 Å². The number of amides is 2. The minimum Gasteiger partial charge on any atom is -0.493 e. The molecule has 4 rings (SSSR count). The van der Waals surface area contributed by atoms with E-state index < -0.39 is 23.2 Å². The second-order valence-electron chi connectivity index (χ2n) is 14.0. The molecule has 2 heterocycles. The van der Waals surface area contributed by atoms with Gasteiger partial charge in [0.2, 0.25) is 5.91 Å². The van der Waals surface area contributed by atoms with Crippen LogP contribution < -0.4 is 20.2 Å². The van der Waals surface area contributed by atoms with Gasteiger partial charge in [-0.2, -0.15) is 0 Å². The molecule has 1 aromatic carbocycles. The van der Waals surface area contributed by atoms with Crippen molar-refractivity contribution >= 4 is 18.3 Å². The van der Waals surface area contributed by atoms with E-state index in [1.54, 1.807) is 14.2 Å². The molecule has 2 amide bonds. The van der Waals surface area contributed by atoms with Crippen LogP contribution in [0.5, 0.6) is 11.5 Å². The van der Waals surface area contributed by atoms with Gasteiger partial charge in [-0.3, -0.25) is 14.7 Å². The first-order chi connectivity index (χ1) is 20.4. The zero-order valence-corrected chi connectivity index (χ0v) is 27.1. The number of hydrogen-bond acceptors (Lipinski definition) is 8. The summed E-state index contributed by atoms with van der Waals surface area (Å²) in [7, 11) is 3.25. The van der Waals surface area contributed by atoms with Crippen molar-refractivity contribution in [3.63, 3.8) is 0 Å². The number of alkyl carbamates (subject to hydrolysis) is 1. The Kier molecular flexibility index (Phi) is 10.6. The average molecular weight is 601 g/mol. The summed E-state index contributed by atoms with van der Waals surface area (Å²) in [6, 6.07) is 5.11. The molecule has 10 heteroatoms. The van der Waals surface area contributed by atoms with Crippen molar-refractivity contribution in [3.05, 3.63) is 23.8 Å². The van der Waals surface area contributed by atoms with Gasteiger partial charge in [-0.05, 0) is 76.5 Å².